The molecule has 2 aliphatic rings. The third kappa shape index (κ3) is 2.88. The zero-order chi connectivity index (χ0) is 12.2. The Morgan fingerprint density at radius 2 is 2.06 bits per heavy atom. The van der Waals surface area contributed by atoms with Gasteiger partial charge in [0.1, 0.15) is 0 Å². The van der Waals surface area contributed by atoms with Gasteiger partial charge in [0.05, 0.1) is 5.92 Å². The van der Waals surface area contributed by atoms with E-state index in [1.54, 1.807) is 0 Å². The van der Waals surface area contributed by atoms with Crippen molar-refractivity contribution >= 4 is 11.8 Å². The van der Waals surface area contributed by atoms with E-state index in [1.807, 2.05) is 0 Å². The fraction of sp³-hybridized carbons (Fsp3) is 0.846. The Balaban J connectivity index is 1.67. The fourth-order valence-corrected chi connectivity index (χ4v) is 3.83. The van der Waals surface area contributed by atoms with Crippen LogP contribution in [0.25, 0.3) is 0 Å². The van der Waals surface area contributed by atoms with Crippen molar-refractivity contribution in [2.45, 2.75) is 43.9 Å². The molecular weight excluding hydrogens is 246 g/mol. The SMILES string of the molecule is C1CSCC[C@H](c2noc([C@@H]3CCCNC3)n2)C1. The molecule has 3 rings (SSSR count). The maximum Gasteiger partial charge on any atom is 0.231 e. The Hall–Kier alpha value is -0.550. The summed E-state index contributed by atoms with van der Waals surface area (Å²) >= 11 is 2.05. The van der Waals surface area contributed by atoms with Crippen molar-refractivity contribution < 1.29 is 4.52 Å². The number of nitrogens with zero attached hydrogens (tertiary/aromatic N) is 2. The second-order valence-electron chi connectivity index (χ2n) is 5.27. The molecule has 2 fully saturated rings. The molecular formula is C13H21N3OS. The van der Waals surface area contributed by atoms with Crippen LogP contribution >= 0.6 is 11.8 Å². The third-order valence-electron chi connectivity index (χ3n) is 3.92. The lowest BCUT2D eigenvalue weighted by Crippen LogP contribution is -2.28. The highest BCUT2D eigenvalue weighted by molar-refractivity contribution is 7.99. The Bertz CT molecular complexity index is 368. The summed E-state index contributed by atoms with van der Waals surface area (Å²) in [5.41, 5.74) is 0. The molecule has 4 nitrogen and oxygen atoms in total. The largest absolute Gasteiger partial charge is 0.339 e. The molecule has 2 aliphatic heterocycles. The van der Waals surface area contributed by atoms with Gasteiger partial charge in [0.25, 0.3) is 0 Å². The molecule has 1 aromatic heterocycles. The van der Waals surface area contributed by atoms with Gasteiger partial charge in [0, 0.05) is 12.5 Å². The standard InChI is InChI=1S/C13H21N3OS/c1-3-11(9-14-6-1)13-15-12(16-17-13)10-4-2-7-18-8-5-10/h10-11,14H,1-9H2/t10-,11-/m1/s1. The van der Waals surface area contributed by atoms with Crippen LogP contribution < -0.4 is 5.32 Å². The number of thioether (sulfide) groups is 1. The third-order valence-corrected chi connectivity index (χ3v) is 5.02. The quantitative estimate of drug-likeness (QED) is 0.892. The predicted molar refractivity (Wildman–Crippen MR) is 73.1 cm³/mol. The lowest BCUT2D eigenvalue weighted by molar-refractivity contribution is 0.318. The van der Waals surface area contributed by atoms with Crippen LogP contribution in [0.3, 0.4) is 0 Å². The first-order chi connectivity index (χ1) is 8.93. The van der Waals surface area contributed by atoms with Gasteiger partial charge in [-0.05, 0) is 50.2 Å². The molecule has 0 saturated carbocycles. The van der Waals surface area contributed by atoms with Gasteiger partial charge in [0.2, 0.25) is 5.89 Å². The Labute approximate surface area is 112 Å². The number of piperidine rings is 1. The molecule has 1 aromatic rings. The second kappa shape index (κ2) is 6.06. The predicted octanol–water partition coefficient (Wildman–Crippen LogP) is 2.54. The number of rotatable bonds is 2. The first kappa shape index (κ1) is 12.5. The average Bonchev–Trinajstić information content (AvgIpc) is 2.76. The van der Waals surface area contributed by atoms with Crippen LogP contribution in [-0.2, 0) is 0 Å². The molecule has 2 atom stereocenters. The fourth-order valence-electron chi connectivity index (χ4n) is 2.80. The van der Waals surface area contributed by atoms with Gasteiger partial charge in [0.15, 0.2) is 5.82 Å². The number of hydrogen-bond donors (Lipinski definition) is 1. The minimum absolute atomic E-state index is 0.431. The monoisotopic (exact) mass is 267 g/mol. The molecule has 18 heavy (non-hydrogen) atoms. The minimum atomic E-state index is 0.431. The topological polar surface area (TPSA) is 51.0 Å². The van der Waals surface area contributed by atoms with Crippen molar-refractivity contribution in [2.24, 2.45) is 0 Å². The molecule has 2 saturated heterocycles. The Kier molecular flexibility index (Phi) is 4.20. The van der Waals surface area contributed by atoms with E-state index in [0.29, 0.717) is 11.8 Å². The molecule has 0 bridgehead atoms. The zero-order valence-electron chi connectivity index (χ0n) is 10.7. The Morgan fingerprint density at radius 1 is 1.11 bits per heavy atom. The van der Waals surface area contributed by atoms with Crippen LogP contribution in [0.2, 0.25) is 0 Å². The Morgan fingerprint density at radius 3 is 2.94 bits per heavy atom. The molecule has 3 heterocycles. The maximum atomic E-state index is 5.49. The van der Waals surface area contributed by atoms with E-state index in [2.05, 4.69) is 27.2 Å². The summed E-state index contributed by atoms with van der Waals surface area (Å²) in [5, 5.41) is 7.63. The van der Waals surface area contributed by atoms with Crippen molar-refractivity contribution in [3.05, 3.63) is 11.7 Å². The molecule has 0 spiro atoms. The van der Waals surface area contributed by atoms with Gasteiger partial charge < -0.3 is 9.84 Å². The van der Waals surface area contributed by atoms with Crippen LogP contribution in [0.4, 0.5) is 0 Å². The highest BCUT2D eigenvalue weighted by Gasteiger charge is 2.24. The zero-order valence-corrected chi connectivity index (χ0v) is 11.5. The van der Waals surface area contributed by atoms with E-state index in [9.17, 15) is 0 Å². The molecule has 100 valence electrons. The van der Waals surface area contributed by atoms with Crippen molar-refractivity contribution in [1.29, 1.82) is 0 Å². The summed E-state index contributed by atoms with van der Waals surface area (Å²) in [6.45, 7) is 2.11. The summed E-state index contributed by atoms with van der Waals surface area (Å²) in [5.74, 6) is 5.29. The van der Waals surface area contributed by atoms with Gasteiger partial charge in [-0.2, -0.15) is 16.7 Å². The van der Waals surface area contributed by atoms with E-state index < -0.39 is 0 Å². The summed E-state index contributed by atoms with van der Waals surface area (Å²) in [4.78, 5) is 4.67. The number of hydrogen-bond acceptors (Lipinski definition) is 5. The minimum Gasteiger partial charge on any atom is -0.339 e. The molecule has 0 aromatic carbocycles. The van der Waals surface area contributed by atoms with Gasteiger partial charge in [-0.25, -0.2) is 0 Å². The second-order valence-corrected chi connectivity index (χ2v) is 6.50. The van der Waals surface area contributed by atoms with Gasteiger partial charge >= 0.3 is 0 Å². The molecule has 5 heteroatoms. The molecule has 0 unspecified atom stereocenters. The molecule has 0 radical (unpaired) electrons. The molecule has 1 N–H and O–H groups in total. The van der Waals surface area contributed by atoms with E-state index in [1.165, 1.54) is 43.6 Å². The average molecular weight is 267 g/mol. The van der Waals surface area contributed by atoms with Crippen LogP contribution in [0.5, 0.6) is 0 Å². The van der Waals surface area contributed by atoms with Gasteiger partial charge in [-0.3, -0.25) is 0 Å². The summed E-state index contributed by atoms with van der Waals surface area (Å²) < 4.78 is 5.49. The van der Waals surface area contributed by atoms with Crippen LogP contribution in [0.1, 0.15) is 55.7 Å². The van der Waals surface area contributed by atoms with Crippen molar-refractivity contribution in [2.75, 3.05) is 24.6 Å². The van der Waals surface area contributed by atoms with Gasteiger partial charge in [-0.1, -0.05) is 5.16 Å². The van der Waals surface area contributed by atoms with Crippen LogP contribution in [-0.4, -0.2) is 34.7 Å². The summed E-state index contributed by atoms with van der Waals surface area (Å²) in [6.07, 6.45) is 6.09. The lowest BCUT2D eigenvalue weighted by Gasteiger charge is -2.18. The smallest absolute Gasteiger partial charge is 0.231 e. The number of aromatic nitrogens is 2. The first-order valence-corrected chi connectivity index (χ1v) is 8.21. The van der Waals surface area contributed by atoms with Gasteiger partial charge in [-0.15, -0.1) is 0 Å². The van der Waals surface area contributed by atoms with Crippen molar-refractivity contribution in [3.63, 3.8) is 0 Å². The van der Waals surface area contributed by atoms with Crippen LogP contribution in [0.15, 0.2) is 4.52 Å². The molecule has 0 aliphatic carbocycles. The van der Waals surface area contributed by atoms with E-state index in [0.717, 1.165) is 24.8 Å². The van der Waals surface area contributed by atoms with E-state index in [4.69, 9.17) is 4.52 Å². The first-order valence-electron chi connectivity index (χ1n) is 7.05. The van der Waals surface area contributed by atoms with Crippen LogP contribution in [0, 0.1) is 0 Å². The normalized spacial score (nSPS) is 30.0. The van der Waals surface area contributed by atoms with E-state index in [-0.39, 0.29) is 0 Å². The van der Waals surface area contributed by atoms with Crippen molar-refractivity contribution in [1.82, 2.24) is 15.5 Å². The number of nitrogens with one attached hydrogen (secondary N) is 1. The van der Waals surface area contributed by atoms with E-state index >= 15 is 0 Å². The van der Waals surface area contributed by atoms with Crippen molar-refractivity contribution in [3.8, 4) is 0 Å². The maximum absolute atomic E-state index is 5.49. The lowest BCUT2D eigenvalue weighted by atomic mass is 9.98. The highest BCUT2D eigenvalue weighted by Crippen LogP contribution is 2.30. The highest BCUT2D eigenvalue weighted by atomic mass is 32.2. The molecule has 0 amide bonds. The summed E-state index contributed by atoms with van der Waals surface area (Å²) in [6, 6.07) is 0. The summed E-state index contributed by atoms with van der Waals surface area (Å²) in [7, 11) is 0.